The number of nitrogens with one attached hydrogen (secondary N) is 2. The number of hydrogen-bond donors (Lipinski definition) is 2. The van der Waals surface area contributed by atoms with Gasteiger partial charge in [0.05, 0.1) is 15.2 Å². The summed E-state index contributed by atoms with van der Waals surface area (Å²) in [5, 5.41) is 8.90. The zero-order valence-corrected chi connectivity index (χ0v) is 12.7. The fourth-order valence-electron chi connectivity index (χ4n) is 1.87. The van der Waals surface area contributed by atoms with E-state index in [-0.39, 0.29) is 6.03 Å². The second kappa shape index (κ2) is 5.22. The van der Waals surface area contributed by atoms with E-state index in [2.05, 4.69) is 28.6 Å². The maximum Gasteiger partial charge on any atom is 0.326 e. The number of benzene rings is 1. The molecule has 0 spiro atoms. The molecule has 0 unspecified atom stereocenters. The normalized spacial score (nSPS) is 10.7. The monoisotopic (exact) mass is 303 g/mol. The van der Waals surface area contributed by atoms with Crippen molar-refractivity contribution in [3.05, 3.63) is 40.8 Å². The third-order valence-corrected chi connectivity index (χ3v) is 4.78. The molecule has 4 nitrogen and oxygen atoms in total. The number of aryl methyl sites for hydroxylation is 2. The SMILES string of the molecule is Cc1ccc2sc(NC(=O)Nc3cccs3)nc2c1C. The molecular formula is C14H13N3OS2. The van der Waals surface area contributed by atoms with Crippen molar-refractivity contribution in [1.29, 1.82) is 0 Å². The maximum atomic E-state index is 11.9. The number of thiazole rings is 1. The van der Waals surface area contributed by atoms with Crippen LogP contribution in [0.4, 0.5) is 14.9 Å². The molecule has 0 bridgehead atoms. The summed E-state index contributed by atoms with van der Waals surface area (Å²) in [5.74, 6) is 0. The average Bonchev–Trinajstić information content (AvgIpc) is 3.03. The molecule has 0 aliphatic heterocycles. The van der Waals surface area contributed by atoms with Crippen LogP contribution >= 0.6 is 22.7 Å². The Morgan fingerprint density at radius 2 is 2.05 bits per heavy atom. The Morgan fingerprint density at radius 3 is 2.80 bits per heavy atom. The van der Waals surface area contributed by atoms with E-state index in [1.165, 1.54) is 28.2 Å². The highest BCUT2D eigenvalue weighted by molar-refractivity contribution is 7.22. The Bertz CT molecular complexity index is 762. The first-order valence-corrected chi connectivity index (χ1v) is 7.81. The highest BCUT2D eigenvalue weighted by Crippen LogP contribution is 2.29. The van der Waals surface area contributed by atoms with Gasteiger partial charge in [-0.3, -0.25) is 10.6 Å². The summed E-state index contributed by atoms with van der Waals surface area (Å²) in [7, 11) is 0. The van der Waals surface area contributed by atoms with E-state index in [1.54, 1.807) is 0 Å². The molecule has 20 heavy (non-hydrogen) atoms. The van der Waals surface area contributed by atoms with Crippen LogP contribution in [0.3, 0.4) is 0 Å². The van der Waals surface area contributed by atoms with Crippen LogP contribution in [0.5, 0.6) is 0 Å². The number of fused-ring (bicyclic) bond motifs is 1. The Balaban J connectivity index is 1.81. The highest BCUT2D eigenvalue weighted by Gasteiger charge is 2.10. The van der Waals surface area contributed by atoms with E-state index < -0.39 is 0 Å². The van der Waals surface area contributed by atoms with Gasteiger partial charge < -0.3 is 0 Å². The second-order valence-electron chi connectivity index (χ2n) is 4.43. The van der Waals surface area contributed by atoms with Crippen molar-refractivity contribution in [3.63, 3.8) is 0 Å². The predicted molar refractivity (Wildman–Crippen MR) is 86.1 cm³/mol. The first kappa shape index (κ1) is 13.1. The molecular weight excluding hydrogens is 290 g/mol. The number of thiophene rings is 1. The van der Waals surface area contributed by atoms with E-state index in [0.29, 0.717) is 5.13 Å². The molecule has 2 aromatic heterocycles. The van der Waals surface area contributed by atoms with Gasteiger partial charge >= 0.3 is 6.03 Å². The summed E-state index contributed by atoms with van der Waals surface area (Å²) < 4.78 is 1.08. The molecule has 0 aliphatic carbocycles. The van der Waals surface area contributed by atoms with Crippen LogP contribution in [-0.4, -0.2) is 11.0 Å². The highest BCUT2D eigenvalue weighted by atomic mass is 32.1. The second-order valence-corrected chi connectivity index (χ2v) is 6.41. The van der Waals surface area contributed by atoms with Crippen molar-refractivity contribution in [2.24, 2.45) is 0 Å². The van der Waals surface area contributed by atoms with Gasteiger partial charge in [-0.05, 0) is 48.6 Å². The van der Waals surface area contributed by atoms with Crippen LogP contribution < -0.4 is 10.6 Å². The lowest BCUT2D eigenvalue weighted by atomic mass is 10.1. The molecule has 0 fully saturated rings. The summed E-state index contributed by atoms with van der Waals surface area (Å²) in [6.07, 6.45) is 0. The minimum absolute atomic E-state index is 0.263. The minimum atomic E-state index is -0.263. The van der Waals surface area contributed by atoms with E-state index in [0.717, 1.165) is 20.8 Å². The van der Waals surface area contributed by atoms with Gasteiger partial charge in [-0.25, -0.2) is 9.78 Å². The predicted octanol–water partition coefficient (Wildman–Crippen LogP) is 4.62. The molecule has 0 atom stereocenters. The van der Waals surface area contributed by atoms with Crippen LogP contribution in [0.15, 0.2) is 29.6 Å². The first-order valence-electron chi connectivity index (χ1n) is 6.12. The molecule has 0 saturated carbocycles. The molecule has 3 rings (SSSR count). The Hall–Kier alpha value is -1.92. The fraction of sp³-hybridized carbons (Fsp3) is 0.143. The van der Waals surface area contributed by atoms with E-state index in [9.17, 15) is 4.79 Å². The van der Waals surface area contributed by atoms with Gasteiger partial charge in [-0.15, -0.1) is 11.3 Å². The Kier molecular flexibility index (Phi) is 3.42. The molecule has 3 aromatic rings. The smallest absolute Gasteiger partial charge is 0.299 e. The molecule has 2 amide bonds. The van der Waals surface area contributed by atoms with Crippen molar-refractivity contribution in [2.45, 2.75) is 13.8 Å². The van der Waals surface area contributed by atoms with Gasteiger partial charge in [-0.1, -0.05) is 17.4 Å². The summed E-state index contributed by atoms with van der Waals surface area (Å²) in [6.45, 7) is 4.11. The van der Waals surface area contributed by atoms with Crippen LogP contribution in [0.2, 0.25) is 0 Å². The van der Waals surface area contributed by atoms with Crippen molar-refractivity contribution < 1.29 is 4.79 Å². The third kappa shape index (κ3) is 2.52. The minimum Gasteiger partial charge on any atom is -0.299 e. The maximum absolute atomic E-state index is 11.9. The van der Waals surface area contributed by atoms with Crippen molar-refractivity contribution in [2.75, 3.05) is 10.6 Å². The number of urea groups is 1. The number of amides is 2. The van der Waals surface area contributed by atoms with Crippen LogP contribution in [-0.2, 0) is 0 Å². The number of carbonyl (C=O) groups is 1. The largest absolute Gasteiger partial charge is 0.326 e. The fourth-order valence-corrected chi connectivity index (χ4v) is 3.40. The molecule has 0 saturated heterocycles. The summed E-state index contributed by atoms with van der Waals surface area (Å²) in [6, 6.07) is 7.60. The van der Waals surface area contributed by atoms with Crippen molar-refractivity contribution in [1.82, 2.24) is 4.98 Å². The number of nitrogens with zero attached hydrogens (tertiary/aromatic N) is 1. The van der Waals surface area contributed by atoms with Gasteiger partial charge in [0.25, 0.3) is 0 Å². The molecule has 2 heterocycles. The molecule has 0 radical (unpaired) electrons. The number of carbonyl (C=O) groups excluding carboxylic acids is 1. The van der Waals surface area contributed by atoms with Gasteiger partial charge in [0.1, 0.15) is 0 Å². The Morgan fingerprint density at radius 1 is 1.20 bits per heavy atom. The zero-order chi connectivity index (χ0) is 14.1. The van der Waals surface area contributed by atoms with E-state index in [4.69, 9.17) is 0 Å². The van der Waals surface area contributed by atoms with Gasteiger partial charge in [0, 0.05) is 0 Å². The first-order chi connectivity index (χ1) is 9.63. The third-order valence-electron chi connectivity index (χ3n) is 3.06. The van der Waals surface area contributed by atoms with Crippen LogP contribution in [0.1, 0.15) is 11.1 Å². The summed E-state index contributed by atoms with van der Waals surface area (Å²) >= 11 is 2.96. The topological polar surface area (TPSA) is 54.0 Å². The lowest BCUT2D eigenvalue weighted by Gasteiger charge is -2.01. The molecule has 102 valence electrons. The molecule has 1 aromatic carbocycles. The zero-order valence-electron chi connectivity index (χ0n) is 11.1. The van der Waals surface area contributed by atoms with Crippen molar-refractivity contribution >= 4 is 49.1 Å². The molecule has 0 aliphatic rings. The number of aromatic nitrogens is 1. The van der Waals surface area contributed by atoms with E-state index >= 15 is 0 Å². The lowest BCUT2D eigenvalue weighted by Crippen LogP contribution is -2.18. The Labute approximate surface area is 124 Å². The number of anilines is 2. The number of hydrogen-bond acceptors (Lipinski definition) is 4. The quantitative estimate of drug-likeness (QED) is 0.726. The molecule has 2 N–H and O–H groups in total. The summed E-state index contributed by atoms with van der Waals surface area (Å²) in [4.78, 5) is 16.4. The van der Waals surface area contributed by atoms with Crippen molar-refractivity contribution in [3.8, 4) is 0 Å². The average molecular weight is 303 g/mol. The van der Waals surface area contributed by atoms with Gasteiger partial charge in [-0.2, -0.15) is 0 Å². The van der Waals surface area contributed by atoms with Crippen LogP contribution in [0.25, 0.3) is 10.2 Å². The molecule has 6 heteroatoms. The van der Waals surface area contributed by atoms with Gasteiger partial charge in [0.15, 0.2) is 5.13 Å². The standard InChI is InChI=1S/C14H13N3OS2/c1-8-5-6-10-12(9(8)2)16-14(20-10)17-13(18)15-11-4-3-7-19-11/h3-7H,1-2H3,(H2,15,16,17,18). The van der Waals surface area contributed by atoms with Gasteiger partial charge in [0.2, 0.25) is 0 Å². The van der Waals surface area contributed by atoms with E-state index in [1.807, 2.05) is 30.5 Å². The lowest BCUT2D eigenvalue weighted by molar-refractivity contribution is 0.262. The summed E-state index contributed by atoms with van der Waals surface area (Å²) in [5.41, 5.74) is 3.32. The van der Waals surface area contributed by atoms with Crippen LogP contribution in [0, 0.1) is 13.8 Å². The number of rotatable bonds is 2.